The molecule has 0 aliphatic carbocycles. The molecule has 0 saturated carbocycles. The molecule has 0 aliphatic rings. The van der Waals surface area contributed by atoms with Gasteiger partial charge in [-0.3, -0.25) is 19.1 Å². The van der Waals surface area contributed by atoms with E-state index in [0.717, 1.165) is 10.6 Å². The Morgan fingerprint density at radius 3 is 2.61 bits per heavy atom. The molecule has 8 nitrogen and oxygen atoms in total. The number of anilines is 1. The van der Waals surface area contributed by atoms with Gasteiger partial charge in [0.25, 0.3) is 5.56 Å². The maximum absolute atomic E-state index is 13.7. The van der Waals surface area contributed by atoms with E-state index in [1.165, 1.54) is 19.1 Å². The van der Waals surface area contributed by atoms with Crippen molar-refractivity contribution in [3.8, 4) is 6.07 Å². The summed E-state index contributed by atoms with van der Waals surface area (Å²) < 4.78 is 14.7. The van der Waals surface area contributed by atoms with Crippen LogP contribution in [-0.4, -0.2) is 20.3 Å². The summed E-state index contributed by atoms with van der Waals surface area (Å²) in [5.74, 6) is -1.60. The minimum atomic E-state index is -0.859. The number of ketones is 1. The molecule has 0 unspecified atom stereocenters. The Labute approximate surface area is 176 Å². The summed E-state index contributed by atoms with van der Waals surface area (Å²) in [5.41, 5.74) is 5.21. The number of nitriles is 1. The third-order valence-electron chi connectivity index (χ3n) is 4.52. The summed E-state index contributed by atoms with van der Waals surface area (Å²) in [6, 6.07) is 8.92. The molecular weight excluding hydrogens is 401 g/mol. The predicted octanol–water partition coefficient (Wildman–Crippen LogP) is 2.15. The molecule has 0 fully saturated rings. The second-order valence-electron chi connectivity index (χ2n) is 7.10. The molecule has 9 heteroatoms. The zero-order chi connectivity index (χ0) is 22.9. The van der Waals surface area contributed by atoms with Gasteiger partial charge in [-0.2, -0.15) is 9.65 Å². The Morgan fingerprint density at radius 1 is 1.29 bits per heavy atom. The third-order valence-corrected chi connectivity index (χ3v) is 4.52. The number of carbonyl (C=O) groups is 1. The van der Waals surface area contributed by atoms with Crippen LogP contribution in [0.15, 0.2) is 46.5 Å². The van der Waals surface area contributed by atoms with Crippen LogP contribution in [0.25, 0.3) is 5.57 Å². The summed E-state index contributed by atoms with van der Waals surface area (Å²) in [6.07, 6.45) is 0. The van der Waals surface area contributed by atoms with Gasteiger partial charge in [0.2, 0.25) is 11.7 Å². The number of nitrogens with one attached hydrogen (secondary N) is 1. The summed E-state index contributed by atoms with van der Waals surface area (Å²) in [7, 11) is 0. The Kier molecular flexibility index (Phi) is 5.66. The van der Waals surface area contributed by atoms with Gasteiger partial charge in [-0.25, -0.2) is 9.78 Å². The topological polar surface area (TPSA) is 135 Å². The van der Waals surface area contributed by atoms with Crippen LogP contribution in [0.2, 0.25) is 0 Å². The molecule has 156 valence electrons. The average molecular weight is 419 g/mol. The van der Waals surface area contributed by atoms with Crippen LogP contribution < -0.4 is 17.0 Å². The number of aromatic amines is 1. The fourth-order valence-electron chi connectivity index (χ4n) is 3.32. The minimum Gasteiger partial charge on any atom is -0.384 e. The molecule has 2 aromatic heterocycles. The predicted molar refractivity (Wildman–Crippen MR) is 113 cm³/mol. The summed E-state index contributed by atoms with van der Waals surface area (Å²) in [6.45, 7) is 6.74. The number of rotatable bonds is 5. The number of halogens is 1. The third kappa shape index (κ3) is 4.33. The molecule has 0 radical (unpaired) electrons. The number of carbonyl (C=O) groups excluding carboxylic acids is 1. The second-order valence-corrected chi connectivity index (χ2v) is 7.10. The highest BCUT2D eigenvalue weighted by molar-refractivity contribution is 6.10. The largest absolute Gasteiger partial charge is 0.384 e. The van der Waals surface area contributed by atoms with E-state index < -0.39 is 23.0 Å². The van der Waals surface area contributed by atoms with Gasteiger partial charge < -0.3 is 5.73 Å². The van der Waals surface area contributed by atoms with Gasteiger partial charge in [0, 0.05) is 5.56 Å². The van der Waals surface area contributed by atoms with E-state index in [4.69, 9.17) is 5.73 Å². The number of nitrogens with zero attached hydrogens (tertiary/aromatic N) is 3. The number of benzene rings is 1. The number of pyridine rings is 1. The number of nitrogen functional groups attached to an aromatic ring is 1. The molecule has 3 aromatic rings. The monoisotopic (exact) mass is 419 g/mol. The SMILES string of the molecule is C=C(C)c1c(C(=O)c2cc(C)cc(C#N)c2)n(Cc2cc(N)nc(F)c2)c(=O)[nH]c1=O. The number of aromatic nitrogens is 3. The highest BCUT2D eigenvalue weighted by Crippen LogP contribution is 2.20. The quantitative estimate of drug-likeness (QED) is 0.481. The first kappa shape index (κ1) is 21.4. The van der Waals surface area contributed by atoms with Gasteiger partial charge in [0.1, 0.15) is 11.5 Å². The van der Waals surface area contributed by atoms with Gasteiger partial charge in [-0.05, 0) is 60.9 Å². The van der Waals surface area contributed by atoms with E-state index in [9.17, 15) is 24.0 Å². The molecule has 2 heterocycles. The zero-order valence-electron chi connectivity index (χ0n) is 16.8. The lowest BCUT2D eigenvalue weighted by atomic mass is 9.97. The molecule has 0 aliphatic heterocycles. The Bertz CT molecular complexity index is 1380. The number of allylic oxidation sites excluding steroid dienone is 1. The van der Waals surface area contributed by atoms with Gasteiger partial charge in [0.15, 0.2) is 0 Å². The lowest BCUT2D eigenvalue weighted by Gasteiger charge is -2.16. The number of nitrogens with two attached hydrogens (primary N) is 1. The molecular formula is C22H18FN5O3. The fourth-order valence-corrected chi connectivity index (χ4v) is 3.32. The first-order chi connectivity index (χ1) is 14.6. The summed E-state index contributed by atoms with van der Waals surface area (Å²) in [5, 5.41) is 9.23. The molecule has 0 atom stereocenters. The second kappa shape index (κ2) is 8.20. The van der Waals surface area contributed by atoms with Crippen LogP contribution >= 0.6 is 0 Å². The van der Waals surface area contributed by atoms with E-state index in [1.807, 2.05) is 6.07 Å². The molecule has 0 spiro atoms. The van der Waals surface area contributed by atoms with Crippen molar-refractivity contribution < 1.29 is 9.18 Å². The Balaban J connectivity index is 2.31. The van der Waals surface area contributed by atoms with Crippen LogP contribution in [0.4, 0.5) is 10.2 Å². The van der Waals surface area contributed by atoms with Crippen molar-refractivity contribution in [3.05, 3.63) is 97.2 Å². The van der Waals surface area contributed by atoms with Crippen molar-refractivity contribution in [1.82, 2.24) is 14.5 Å². The molecule has 0 amide bonds. The molecule has 1 aromatic carbocycles. The summed E-state index contributed by atoms with van der Waals surface area (Å²) in [4.78, 5) is 44.3. The molecule has 0 bridgehead atoms. The van der Waals surface area contributed by atoms with Crippen molar-refractivity contribution in [2.45, 2.75) is 20.4 Å². The lowest BCUT2D eigenvalue weighted by Crippen LogP contribution is -2.37. The van der Waals surface area contributed by atoms with Crippen LogP contribution in [-0.2, 0) is 6.54 Å². The van der Waals surface area contributed by atoms with E-state index in [0.29, 0.717) is 5.56 Å². The highest BCUT2D eigenvalue weighted by atomic mass is 19.1. The summed E-state index contributed by atoms with van der Waals surface area (Å²) >= 11 is 0. The average Bonchev–Trinajstić information content (AvgIpc) is 2.67. The van der Waals surface area contributed by atoms with Crippen LogP contribution in [0.5, 0.6) is 0 Å². The standard InChI is InChI=1S/C22H18FN5O3/c1-11(2)18-19(20(29)15-5-12(3)4-13(6-15)9-24)28(22(31)27-21(18)30)10-14-7-16(23)26-17(25)8-14/h4-8H,1,10H2,2-3H3,(H2,25,26)(H,27,30,31). The van der Waals surface area contributed by atoms with E-state index >= 15 is 0 Å². The van der Waals surface area contributed by atoms with E-state index in [2.05, 4.69) is 16.5 Å². The van der Waals surface area contributed by atoms with Crippen molar-refractivity contribution in [2.24, 2.45) is 0 Å². The first-order valence-corrected chi connectivity index (χ1v) is 9.12. The first-order valence-electron chi connectivity index (χ1n) is 9.12. The van der Waals surface area contributed by atoms with Gasteiger partial charge >= 0.3 is 5.69 Å². The van der Waals surface area contributed by atoms with Crippen LogP contribution in [0.1, 0.15) is 45.2 Å². The molecule has 31 heavy (non-hydrogen) atoms. The van der Waals surface area contributed by atoms with Crippen molar-refractivity contribution >= 4 is 17.2 Å². The fraction of sp³-hybridized carbons (Fsp3) is 0.136. The Morgan fingerprint density at radius 2 is 2.00 bits per heavy atom. The Hall–Kier alpha value is -4.32. The highest BCUT2D eigenvalue weighted by Gasteiger charge is 2.24. The molecule has 3 rings (SSSR count). The van der Waals surface area contributed by atoms with E-state index in [1.54, 1.807) is 19.1 Å². The van der Waals surface area contributed by atoms with Crippen molar-refractivity contribution in [3.63, 3.8) is 0 Å². The zero-order valence-corrected chi connectivity index (χ0v) is 16.8. The van der Waals surface area contributed by atoms with Gasteiger partial charge in [0.05, 0.1) is 23.7 Å². The van der Waals surface area contributed by atoms with Crippen LogP contribution in [0, 0.1) is 24.2 Å². The smallest absolute Gasteiger partial charge is 0.329 e. The van der Waals surface area contributed by atoms with Crippen molar-refractivity contribution in [1.29, 1.82) is 5.26 Å². The minimum absolute atomic E-state index is 0.0767. The van der Waals surface area contributed by atoms with Crippen LogP contribution in [0.3, 0.4) is 0 Å². The number of hydrogen-bond acceptors (Lipinski definition) is 6. The lowest BCUT2D eigenvalue weighted by molar-refractivity contribution is 0.102. The molecule has 3 N–H and O–H groups in total. The maximum atomic E-state index is 13.7. The van der Waals surface area contributed by atoms with E-state index in [-0.39, 0.29) is 45.9 Å². The molecule has 0 saturated heterocycles. The van der Waals surface area contributed by atoms with Gasteiger partial charge in [-0.1, -0.05) is 6.58 Å². The number of aryl methyl sites for hydroxylation is 1. The number of H-pyrrole nitrogens is 1. The van der Waals surface area contributed by atoms with Crippen molar-refractivity contribution in [2.75, 3.05) is 5.73 Å². The number of hydrogen-bond donors (Lipinski definition) is 2. The maximum Gasteiger partial charge on any atom is 0.329 e. The normalized spacial score (nSPS) is 10.5. The van der Waals surface area contributed by atoms with Gasteiger partial charge in [-0.15, -0.1) is 0 Å².